The minimum absolute atomic E-state index is 0.256. The molecule has 0 nitrogen and oxygen atoms in total. The van der Waals surface area contributed by atoms with E-state index in [9.17, 15) is 0 Å². The fourth-order valence-corrected chi connectivity index (χ4v) is 9.94. The van der Waals surface area contributed by atoms with Gasteiger partial charge in [-0.3, -0.25) is 0 Å². The largest absolute Gasteiger partial charge is 0.133 e. The van der Waals surface area contributed by atoms with Gasteiger partial charge in [-0.05, 0) is 76.3 Å². The second kappa shape index (κ2) is 11.4. The highest BCUT2D eigenvalue weighted by Gasteiger charge is 2.34. The highest BCUT2D eigenvalue weighted by molar-refractivity contribution is 8.34. The SMILES string of the molecule is CC.c1ccc(S(c2ccccc2)(c2ccccc2)c2ccc(C3c4ccccc4-c4ccccc43)cc2)cc1. The van der Waals surface area contributed by atoms with E-state index in [0.717, 1.165) is 0 Å². The predicted octanol–water partition coefficient (Wildman–Crippen LogP) is 11.2. The van der Waals surface area contributed by atoms with Crippen LogP contribution in [0.2, 0.25) is 0 Å². The summed E-state index contributed by atoms with van der Waals surface area (Å²) < 4.78 is 0. The van der Waals surface area contributed by atoms with Crippen molar-refractivity contribution >= 4 is 10.0 Å². The number of hydrogen-bond acceptors (Lipinski definition) is 0. The summed E-state index contributed by atoms with van der Waals surface area (Å²) in [4.78, 5) is 5.40. The fourth-order valence-electron chi connectivity index (χ4n) is 6.07. The third-order valence-corrected chi connectivity index (χ3v) is 11.6. The van der Waals surface area contributed by atoms with Crippen molar-refractivity contribution in [1.29, 1.82) is 0 Å². The Kier molecular flexibility index (Phi) is 7.40. The van der Waals surface area contributed by atoms with Gasteiger partial charge in [0.2, 0.25) is 0 Å². The van der Waals surface area contributed by atoms with Crippen LogP contribution >= 0.6 is 10.0 Å². The van der Waals surface area contributed by atoms with Crippen LogP contribution in [0.3, 0.4) is 0 Å². The zero-order valence-corrected chi connectivity index (χ0v) is 23.9. The quantitative estimate of drug-likeness (QED) is 0.206. The molecule has 196 valence electrons. The molecule has 1 aliphatic carbocycles. The van der Waals surface area contributed by atoms with E-state index in [2.05, 4.69) is 164 Å². The fraction of sp³-hybridized carbons (Fsp3) is 0.0769. The van der Waals surface area contributed by atoms with Crippen LogP contribution in [0.15, 0.2) is 183 Å². The summed E-state index contributed by atoms with van der Waals surface area (Å²) >= 11 is 0. The van der Waals surface area contributed by atoms with E-state index in [1.165, 1.54) is 47.4 Å². The monoisotopic (exact) mass is 534 g/mol. The summed E-state index contributed by atoms with van der Waals surface area (Å²) in [6.45, 7) is 4.00. The molecule has 0 spiro atoms. The third kappa shape index (κ3) is 4.28. The second-order valence-electron chi connectivity index (χ2n) is 9.73. The second-order valence-corrected chi connectivity index (χ2v) is 12.8. The van der Waals surface area contributed by atoms with Gasteiger partial charge < -0.3 is 0 Å². The molecule has 7 rings (SSSR count). The number of hydrogen-bond donors (Lipinski definition) is 0. The highest BCUT2D eigenvalue weighted by Crippen LogP contribution is 2.73. The van der Waals surface area contributed by atoms with Gasteiger partial charge in [0.05, 0.1) is 0 Å². The van der Waals surface area contributed by atoms with Crippen molar-refractivity contribution in [2.45, 2.75) is 39.3 Å². The van der Waals surface area contributed by atoms with Crippen molar-refractivity contribution in [2.24, 2.45) is 0 Å². The Morgan fingerprint density at radius 2 is 0.675 bits per heavy atom. The molecular weight excluding hydrogens is 500 g/mol. The minimum Gasteiger partial charge on any atom is -0.133 e. The average Bonchev–Trinajstić information content (AvgIpc) is 3.39. The van der Waals surface area contributed by atoms with E-state index in [4.69, 9.17) is 0 Å². The first-order valence-electron chi connectivity index (χ1n) is 14.1. The normalized spacial score (nSPS) is 12.6. The lowest BCUT2D eigenvalue weighted by atomic mass is 9.89. The lowest BCUT2D eigenvalue weighted by molar-refractivity contribution is 1.01. The van der Waals surface area contributed by atoms with Gasteiger partial charge in [-0.2, -0.15) is 0 Å². The topological polar surface area (TPSA) is 0 Å². The molecule has 40 heavy (non-hydrogen) atoms. The summed E-state index contributed by atoms with van der Waals surface area (Å²) in [5.74, 6) is 0.256. The van der Waals surface area contributed by atoms with Crippen LogP contribution in [-0.4, -0.2) is 0 Å². The van der Waals surface area contributed by atoms with Gasteiger partial charge in [-0.25, -0.2) is 0 Å². The maximum atomic E-state index is 2.39. The molecule has 0 aromatic heterocycles. The third-order valence-electron chi connectivity index (χ3n) is 7.69. The smallest absolute Gasteiger partial charge is 0.0352 e. The molecular formula is C39H34S. The van der Waals surface area contributed by atoms with E-state index in [1.54, 1.807) is 0 Å². The van der Waals surface area contributed by atoms with Crippen molar-refractivity contribution in [3.05, 3.63) is 180 Å². The summed E-state index contributed by atoms with van der Waals surface area (Å²) in [6, 6.07) is 60.4. The summed E-state index contributed by atoms with van der Waals surface area (Å²) in [7, 11) is -1.67. The zero-order chi connectivity index (χ0) is 27.4. The molecule has 0 atom stereocenters. The first kappa shape index (κ1) is 25.9. The molecule has 0 unspecified atom stereocenters. The van der Waals surface area contributed by atoms with Gasteiger partial charge in [0.1, 0.15) is 0 Å². The summed E-state index contributed by atoms with van der Waals surface area (Å²) in [5.41, 5.74) is 6.85. The van der Waals surface area contributed by atoms with Crippen LogP contribution < -0.4 is 0 Å². The van der Waals surface area contributed by atoms with E-state index < -0.39 is 10.0 Å². The predicted molar refractivity (Wildman–Crippen MR) is 171 cm³/mol. The van der Waals surface area contributed by atoms with Crippen molar-refractivity contribution < 1.29 is 0 Å². The van der Waals surface area contributed by atoms with Gasteiger partial charge >= 0.3 is 0 Å². The zero-order valence-electron chi connectivity index (χ0n) is 23.1. The van der Waals surface area contributed by atoms with Crippen molar-refractivity contribution in [3.8, 4) is 11.1 Å². The van der Waals surface area contributed by atoms with Crippen LogP contribution in [-0.2, 0) is 0 Å². The lowest BCUT2D eigenvalue weighted by Crippen LogP contribution is -2.06. The molecule has 0 amide bonds. The Balaban J connectivity index is 0.00000142. The first-order valence-corrected chi connectivity index (χ1v) is 15.8. The lowest BCUT2D eigenvalue weighted by Gasteiger charge is -2.42. The van der Waals surface area contributed by atoms with Crippen LogP contribution in [0.1, 0.15) is 36.5 Å². The summed E-state index contributed by atoms with van der Waals surface area (Å²) in [5, 5.41) is 0. The molecule has 0 radical (unpaired) electrons. The Bertz CT molecular complexity index is 1550. The molecule has 6 aromatic rings. The van der Waals surface area contributed by atoms with E-state index in [0.29, 0.717) is 0 Å². The Morgan fingerprint density at radius 1 is 0.350 bits per heavy atom. The summed E-state index contributed by atoms with van der Waals surface area (Å²) in [6.07, 6.45) is 0. The number of benzene rings is 6. The standard InChI is InChI=1S/C37H28S.C2H6/c1-4-14-29(15-5-1)38(30-16-6-2-7-17-30,31-18-8-3-9-19-31)32-26-24-28(25-27-32)37-35-22-12-10-20-33(35)34-21-11-13-23-36(34)37;1-2/h1-27,37H;1-2H3. The van der Waals surface area contributed by atoms with Crippen molar-refractivity contribution in [2.75, 3.05) is 0 Å². The molecule has 6 aromatic carbocycles. The Labute approximate surface area is 240 Å². The van der Waals surface area contributed by atoms with Gasteiger partial charge in [0.25, 0.3) is 0 Å². The molecule has 0 saturated carbocycles. The molecule has 0 aliphatic heterocycles. The first-order chi connectivity index (χ1) is 19.9. The van der Waals surface area contributed by atoms with Gasteiger partial charge in [-0.15, -0.1) is 10.0 Å². The Morgan fingerprint density at radius 3 is 1.07 bits per heavy atom. The van der Waals surface area contributed by atoms with Gasteiger partial charge in [-0.1, -0.05) is 129 Å². The van der Waals surface area contributed by atoms with Crippen molar-refractivity contribution in [3.63, 3.8) is 0 Å². The van der Waals surface area contributed by atoms with Gasteiger partial charge in [0, 0.05) is 25.5 Å². The number of rotatable bonds is 5. The van der Waals surface area contributed by atoms with Crippen LogP contribution in [0.4, 0.5) is 0 Å². The average molecular weight is 535 g/mol. The molecule has 0 N–H and O–H groups in total. The maximum absolute atomic E-state index is 2.39. The molecule has 1 aliphatic rings. The molecule has 0 fully saturated rings. The molecule has 1 heteroatoms. The minimum atomic E-state index is -1.67. The maximum Gasteiger partial charge on any atom is 0.0352 e. The Hall–Kier alpha value is -4.33. The van der Waals surface area contributed by atoms with Crippen LogP contribution in [0.5, 0.6) is 0 Å². The molecule has 0 bridgehead atoms. The molecule has 0 saturated heterocycles. The van der Waals surface area contributed by atoms with E-state index >= 15 is 0 Å². The number of fused-ring (bicyclic) bond motifs is 3. The van der Waals surface area contributed by atoms with E-state index in [1.807, 2.05) is 13.8 Å². The highest BCUT2D eigenvalue weighted by atomic mass is 32.3. The van der Waals surface area contributed by atoms with Gasteiger partial charge in [0.15, 0.2) is 0 Å². The van der Waals surface area contributed by atoms with Crippen molar-refractivity contribution in [1.82, 2.24) is 0 Å². The molecule has 0 heterocycles. The van der Waals surface area contributed by atoms with Crippen LogP contribution in [0.25, 0.3) is 11.1 Å². The van der Waals surface area contributed by atoms with E-state index in [-0.39, 0.29) is 5.92 Å². The van der Waals surface area contributed by atoms with Crippen LogP contribution in [0, 0.1) is 0 Å².